The van der Waals surface area contributed by atoms with E-state index in [0.29, 0.717) is 21.7 Å². The van der Waals surface area contributed by atoms with Crippen LogP contribution in [0.2, 0.25) is 0 Å². The van der Waals surface area contributed by atoms with Gasteiger partial charge in [-0.25, -0.2) is 4.98 Å². The molecule has 7 heteroatoms. The number of pyridine rings is 1. The first-order chi connectivity index (χ1) is 9.61. The van der Waals surface area contributed by atoms with E-state index in [-0.39, 0.29) is 11.7 Å². The van der Waals surface area contributed by atoms with Crippen molar-refractivity contribution < 1.29 is 4.79 Å². The summed E-state index contributed by atoms with van der Waals surface area (Å²) in [6, 6.07) is 2.34. The smallest absolute Gasteiger partial charge is 0.269 e. The molecule has 1 fully saturated rings. The molecule has 2 heterocycles. The van der Waals surface area contributed by atoms with E-state index in [1.54, 1.807) is 12.4 Å². The van der Waals surface area contributed by atoms with Gasteiger partial charge in [0.15, 0.2) is 5.13 Å². The third-order valence-corrected chi connectivity index (χ3v) is 3.90. The van der Waals surface area contributed by atoms with Crippen molar-refractivity contribution in [3.63, 3.8) is 0 Å². The third kappa shape index (κ3) is 2.88. The standard InChI is InChI=1S/C13H15N5OS/c1-7-4-9(6-15-5-7)16-12(19)10-11(14)18-13(20-10)17-8-2-3-8/h4-6,8H,2-3,14H2,1H3,(H,16,19)(H,17,18). The summed E-state index contributed by atoms with van der Waals surface area (Å²) < 4.78 is 0. The van der Waals surface area contributed by atoms with Gasteiger partial charge < -0.3 is 16.4 Å². The molecular formula is C13H15N5OS. The van der Waals surface area contributed by atoms with Crippen LogP contribution in [0.4, 0.5) is 16.6 Å². The van der Waals surface area contributed by atoms with Crippen molar-refractivity contribution in [1.29, 1.82) is 0 Å². The Bertz CT molecular complexity index is 650. The summed E-state index contributed by atoms with van der Waals surface area (Å²) in [6.45, 7) is 1.92. The average Bonchev–Trinajstić information content (AvgIpc) is 3.11. The number of nitrogen functional groups attached to an aromatic ring is 1. The molecule has 1 saturated carbocycles. The second kappa shape index (κ2) is 5.09. The van der Waals surface area contributed by atoms with Crippen LogP contribution in [0.1, 0.15) is 28.1 Å². The van der Waals surface area contributed by atoms with Crippen LogP contribution in [0.25, 0.3) is 0 Å². The van der Waals surface area contributed by atoms with Gasteiger partial charge >= 0.3 is 0 Å². The van der Waals surface area contributed by atoms with Crippen molar-refractivity contribution in [1.82, 2.24) is 9.97 Å². The van der Waals surface area contributed by atoms with Crippen molar-refractivity contribution in [2.24, 2.45) is 0 Å². The van der Waals surface area contributed by atoms with Gasteiger partial charge in [0.1, 0.15) is 10.7 Å². The SMILES string of the molecule is Cc1cncc(NC(=O)c2sc(NC3CC3)nc2N)c1. The van der Waals surface area contributed by atoms with E-state index < -0.39 is 0 Å². The van der Waals surface area contributed by atoms with Crippen molar-refractivity contribution in [2.45, 2.75) is 25.8 Å². The summed E-state index contributed by atoms with van der Waals surface area (Å²) in [5.41, 5.74) is 7.44. The Morgan fingerprint density at radius 2 is 2.25 bits per heavy atom. The van der Waals surface area contributed by atoms with E-state index in [1.807, 2.05) is 13.0 Å². The fourth-order valence-corrected chi connectivity index (χ4v) is 2.63. The second-order valence-corrected chi connectivity index (χ2v) is 5.86. The molecule has 2 aromatic rings. The maximum Gasteiger partial charge on any atom is 0.269 e. The third-order valence-electron chi connectivity index (χ3n) is 2.90. The van der Waals surface area contributed by atoms with Crippen molar-refractivity contribution >= 4 is 33.9 Å². The van der Waals surface area contributed by atoms with Gasteiger partial charge in [-0.05, 0) is 31.4 Å². The molecule has 3 rings (SSSR count). The molecule has 2 aromatic heterocycles. The highest BCUT2D eigenvalue weighted by Crippen LogP contribution is 2.30. The van der Waals surface area contributed by atoms with Gasteiger partial charge in [0.2, 0.25) is 0 Å². The van der Waals surface area contributed by atoms with Crippen LogP contribution in [-0.2, 0) is 0 Å². The Morgan fingerprint density at radius 1 is 1.45 bits per heavy atom. The van der Waals surface area contributed by atoms with Crippen LogP contribution in [0.5, 0.6) is 0 Å². The van der Waals surface area contributed by atoms with Gasteiger partial charge in [0.05, 0.1) is 11.9 Å². The van der Waals surface area contributed by atoms with Crippen LogP contribution in [-0.4, -0.2) is 21.9 Å². The molecule has 0 aliphatic heterocycles. The molecule has 0 aromatic carbocycles. The van der Waals surface area contributed by atoms with E-state index in [4.69, 9.17) is 5.73 Å². The quantitative estimate of drug-likeness (QED) is 0.802. The Hall–Kier alpha value is -2.15. The van der Waals surface area contributed by atoms with Crippen LogP contribution < -0.4 is 16.4 Å². The number of hydrogen-bond donors (Lipinski definition) is 3. The number of aromatic nitrogens is 2. The molecule has 1 amide bonds. The van der Waals surface area contributed by atoms with Gasteiger partial charge in [0, 0.05) is 12.2 Å². The van der Waals surface area contributed by atoms with Crippen LogP contribution in [0, 0.1) is 6.92 Å². The molecule has 0 unspecified atom stereocenters. The van der Waals surface area contributed by atoms with Crippen LogP contribution in [0.3, 0.4) is 0 Å². The minimum absolute atomic E-state index is 0.253. The first-order valence-corrected chi connectivity index (χ1v) is 7.19. The predicted molar refractivity (Wildman–Crippen MR) is 80.1 cm³/mol. The second-order valence-electron chi connectivity index (χ2n) is 4.86. The lowest BCUT2D eigenvalue weighted by Gasteiger charge is -2.03. The number of aryl methyl sites for hydroxylation is 1. The predicted octanol–water partition coefficient (Wildman–Crippen LogP) is 2.26. The molecule has 4 N–H and O–H groups in total. The van der Waals surface area contributed by atoms with Crippen LogP contribution in [0.15, 0.2) is 18.5 Å². The molecule has 20 heavy (non-hydrogen) atoms. The minimum atomic E-state index is -0.253. The summed E-state index contributed by atoms with van der Waals surface area (Å²) in [5.74, 6) is 0.00695. The number of nitrogens with one attached hydrogen (secondary N) is 2. The molecule has 0 saturated heterocycles. The maximum atomic E-state index is 12.2. The van der Waals surface area contributed by atoms with E-state index in [1.165, 1.54) is 11.3 Å². The summed E-state index contributed by atoms with van der Waals surface area (Å²) in [4.78, 5) is 20.8. The summed E-state index contributed by atoms with van der Waals surface area (Å²) in [6.07, 6.45) is 5.63. The summed E-state index contributed by atoms with van der Waals surface area (Å²) in [5, 5.41) is 6.73. The number of hydrogen-bond acceptors (Lipinski definition) is 6. The first-order valence-electron chi connectivity index (χ1n) is 6.37. The molecule has 1 aliphatic rings. The Labute approximate surface area is 120 Å². The van der Waals surface area contributed by atoms with Crippen molar-refractivity contribution in [3.05, 3.63) is 28.9 Å². The van der Waals surface area contributed by atoms with E-state index in [2.05, 4.69) is 20.6 Å². The molecule has 0 spiro atoms. The van der Waals surface area contributed by atoms with Crippen molar-refractivity contribution in [2.75, 3.05) is 16.4 Å². The minimum Gasteiger partial charge on any atom is -0.382 e. The van der Waals surface area contributed by atoms with E-state index >= 15 is 0 Å². The first kappa shape index (κ1) is 12.9. The van der Waals surface area contributed by atoms with Gasteiger partial charge in [-0.1, -0.05) is 11.3 Å². The molecular weight excluding hydrogens is 274 g/mol. The van der Waals surface area contributed by atoms with Crippen LogP contribution >= 0.6 is 11.3 Å². The highest BCUT2D eigenvalue weighted by Gasteiger charge is 2.24. The highest BCUT2D eigenvalue weighted by atomic mass is 32.1. The lowest BCUT2D eigenvalue weighted by Crippen LogP contribution is -2.12. The number of carbonyl (C=O) groups excluding carboxylic acids is 1. The van der Waals surface area contributed by atoms with E-state index in [9.17, 15) is 4.79 Å². The zero-order chi connectivity index (χ0) is 14.1. The lowest BCUT2D eigenvalue weighted by atomic mass is 10.3. The molecule has 1 aliphatic carbocycles. The van der Waals surface area contributed by atoms with Crippen molar-refractivity contribution in [3.8, 4) is 0 Å². The number of rotatable bonds is 4. The number of nitrogens with zero attached hydrogens (tertiary/aromatic N) is 2. The Kier molecular flexibility index (Phi) is 3.27. The number of thiazole rings is 1. The molecule has 0 atom stereocenters. The van der Waals surface area contributed by atoms with Gasteiger partial charge in [0.25, 0.3) is 5.91 Å². The van der Waals surface area contributed by atoms with Gasteiger partial charge in [-0.2, -0.15) is 0 Å². The summed E-state index contributed by atoms with van der Waals surface area (Å²) in [7, 11) is 0. The number of anilines is 3. The van der Waals surface area contributed by atoms with Gasteiger partial charge in [-0.3, -0.25) is 9.78 Å². The number of nitrogens with two attached hydrogens (primary N) is 1. The lowest BCUT2D eigenvalue weighted by molar-refractivity contribution is 0.103. The fraction of sp³-hybridized carbons (Fsp3) is 0.308. The monoisotopic (exact) mass is 289 g/mol. The largest absolute Gasteiger partial charge is 0.382 e. The highest BCUT2D eigenvalue weighted by molar-refractivity contribution is 7.18. The average molecular weight is 289 g/mol. The molecule has 6 nitrogen and oxygen atoms in total. The normalized spacial score (nSPS) is 14.1. The zero-order valence-electron chi connectivity index (χ0n) is 11.0. The topological polar surface area (TPSA) is 92.9 Å². The number of carbonyl (C=O) groups is 1. The van der Waals surface area contributed by atoms with E-state index in [0.717, 1.165) is 18.4 Å². The molecule has 0 bridgehead atoms. The Morgan fingerprint density at radius 3 is 2.95 bits per heavy atom. The zero-order valence-corrected chi connectivity index (χ0v) is 11.8. The summed E-state index contributed by atoms with van der Waals surface area (Å²) >= 11 is 1.28. The fourth-order valence-electron chi connectivity index (χ4n) is 1.77. The Balaban J connectivity index is 1.74. The molecule has 104 valence electrons. The van der Waals surface area contributed by atoms with Gasteiger partial charge in [-0.15, -0.1) is 0 Å². The maximum absolute atomic E-state index is 12.2. The number of amides is 1. The molecule has 0 radical (unpaired) electrons.